The van der Waals surface area contributed by atoms with Gasteiger partial charge in [-0.3, -0.25) is 4.79 Å². The van der Waals surface area contributed by atoms with Crippen LogP contribution in [0.15, 0.2) is 54.7 Å². The fourth-order valence-corrected chi connectivity index (χ4v) is 2.49. The molecule has 0 unspecified atom stereocenters. The smallest absolute Gasteiger partial charge is 0.270 e. The lowest BCUT2D eigenvalue weighted by Crippen LogP contribution is -2.25. The maximum Gasteiger partial charge on any atom is 0.270 e. The van der Waals surface area contributed by atoms with Crippen LogP contribution in [-0.2, 0) is 13.2 Å². The Bertz CT molecular complexity index is 1010. The van der Waals surface area contributed by atoms with Crippen molar-refractivity contribution in [2.45, 2.75) is 13.2 Å². The molecule has 0 atom stereocenters. The van der Waals surface area contributed by atoms with Crippen molar-refractivity contribution in [3.63, 3.8) is 0 Å². The number of tetrazole rings is 1. The minimum absolute atomic E-state index is 0.184. The van der Waals surface area contributed by atoms with Gasteiger partial charge in [-0.15, -0.1) is 10.2 Å². The number of nitrogens with zero attached hydrogens (tertiary/aromatic N) is 5. The maximum absolute atomic E-state index is 12.4. The van der Waals surface area contributed by atoms with Gasteiger partial charge in [0.25, 0.3) is 5.91 Å². The van der Waals surface area contributed by atoms with Crippen LogP contribution in [0.4, 0.5) is 0 Å². The molecule has 26 heavy (non-hydrogen) atoms. The highest BCUT2D eigenvalue weighted by Gasteiger charge is 2.10. The van der Waals surface area contributed by atoms with E-state index >= 15 is 0 Å². The van der Waals surface area contributed by atoms with Crippen molar-refractivity contribution >= 4 is 11.4 Å². The van der Waals surface area contributed by atoms with E-state index in [0.717, 1.165) is 11.1 Å². The zero-order chi connectivity index (χ0) is 17.8. The second-order valence-corrected chi connectivity index (χ2v) is 5.52. The van der Waals surface area contributed by atoms with E-state index in [1.165, 1.54) is 0 Å². The molecule has 130 valence electrons. The third-order valence-corrected chi connectivity index (χ3v) is 3.79. The topological polar surface area (TPSA) is 110 Å². The molecule has 3 aromatic heterocycles. The van der Waals surface area contributed by atoms with Gasteiger partial charge in [0.05, 0.1) is 11.7 Å². The quantitative estimate of drug-likeness (QED) is 0.544. The first-order valence-corrected chi connectivity index (χ1v) is 7.94. The zero-order valence-corrected chi connectivity index (χ0v) is 13.7. The molecule has 0 aliphatic carbocycles. The van der Waals surface area contributed by atoms with Gasteiger partial charge in [-0.25, -0.2) is 4.52 Å². The first-order valence-electron chi connectivity index (χ1n) is 7.94. The molecule has 1 amide bonds. The number of fused-ring (bicyclic) bond motifs is 1. The number of rotatable bonds is 6. The summed E-state index contributed by atoms with van der Waals surface area (Å²) in [6, 6.07) is 14.8. The van der Waals surface area contributed by atoms with Gasteiger partial charge in [0.15, 0.2) is 6.61 Å². The number of aromatic nitrogens is 6. The van der Waals surface area contributed by atoms with Crippen LogP contribution in [0.25, 0.3) is 5.52 Å². The largest absolute Gasteiger partial charge is 0.485 e. The summed E-state index contributed by atoms with van der Waals surface area (Å²) in [5.41, 5.74) is 2.33. The first kappa shape index (κ1) is 15.8. The summed E-state index contributed by atoms with van der Waals surface area (Å²) in [7, 11) is 0. The molecule has 3 heterocycles. The summed E-state index contributed by atoms with van der Waals surface area (Å²) in [5.74, 6) is 0.983. The molecule has 0 bridgehead atoms. The minimum Gasteiger partial charge on any atom is -0.485 e. The molecular weight excluding hydrogens is 334 g/mol. The number of carbonyl (C=O) groups is 1. The second-order valence-electron chi connectivity index (χ2n) is 5.52. The number of benzene rings is 1. The fourth-order valence-electron chi connectivity index (χ4n) is 2.49. The number of H-pyrrole nitrogens is 1. The van der Waals surface area contributed by atoms with Gasteiger partial charge in [0.1, 0.15) is 11.4 Å². The van der Waals surface area contributed by atoms with Crippen molar-refractivity contribution in [1.82, 2.24) is 35.6 Å². The molecule has 0 saturated carbocycles. The van der Waals surface area contributed by atoms with Gasteiger partial charge in [-0.1, -0.05) is 23.4 Å². The number of ether oxygens (including phenoxy) is 1. The number of hydrogen-bond donors (Lipinski definition) is 2. The summed E-state index contributed by atoms with van der Waals surface area (Å²) in [6.45, 7) is 0.641. The summed E-state index contributed by atoms with van der Waals surface area (Å²) in [6.07, 6.45) is 1.67. The molecule has 0 aliphatic heterocycles. The molecule has 0 fully saturated rings. The van der Waals surface area contributed by atoms with Gasteiger partial charge in [-0.05, 0) is 35.9 Å². The van der Waals surface area contributed by atoms with E-state index in [1.54, 1.807) is 16.8 Å². The molecule has 0 saturated heterocycles. The van der Waals surface area contributed by atoms with Crippen LogP contribution in [0.1, 0.15) is 21.9 Å². The summed E-state index contributed by atoms with van der Waals surface area (Å²) in [5, 5.41) is 20.5. The van der Waals surface area contributed by atoms with Crippen molar-refractivity contribution in [3.05, 3.63) is 71.8 Å². The van der Waals surface area contributed by atoms with Gasteiger partial charge in [-0.2, -0.15) is 10.3 Å². The van der Waals surface area contributed by atoms with Gasteiger partial charge in [0, 0.05) is 6.54 Å². The Hall–Kier alpha value is -3.75. The highest BCUT2D eigenvalue weighted by atomic mass is 16.5. The Morgan fingerprint density at radius 2 is 2.04 bits per heavy atom. The Morgan fingerprint density at radius 1 is 1.15 bits per heavy atom. The van der Waals surface area contributed by atoms with E-state index in [1.807, 2.05) is 42.5 Å². The van der Waals surface area contributed by atoms with Crippen LogP contribution >= 0.6 is 0 Å². The van der Waals surface area contributed by atoms with Crippen LogP contribution in [0, 0.1) is 0 Å². The summed E-state index contributed by atoms with van der Waals surface area (Å²) < 4.78 is 7.17. The van der Waals surface area contributed by atoms with Gasteiger partial charge >= 0.3 is 0 Å². The van der Waals surface area contributed by atoms with E-state index in [-0.39, 0.29) is 12.5 Å². The Labute approximate surface area is 148 Å². The predicted molar refractivity (Wildman–Crippen MR) is 91.3 cm³/mol. The monoisotopic (exact) mass is 349 g/mol. The average Bonchev–Trinajstić information content (AvgIpc) is 3.36. The highest BCUT2D eigenvalue weighted by Crippen LogP contribution is 2.13. The second kappa shape index (κ2) is 7.01. The Morgan fingerprint density at radius 3 is 2.85 bits per heavy atom. The van der Waals surface area contributed by atoms with Crippen molar-refractivity contribution in [1.29, 1.82) is 0 Å². The lowest BCUT2D eigenvalue weighted by molar-refractivity contribution is 0.0943. The number of nitrogens with one attached hydrogen (secondary N) is 2. The molecule has 1 aromatic carbocycles. The third-order valence-electron chi connectivity index (χ3n) is 3.79. The van der Waals surface area contributed by atoms with Crippen LogP contribution < -0.4 is 10.1 Å². The number of amides is 1. The number of aromatic amines is 1. The van der Waals surface area contributed by atoms with Crippen LogP contribution in [0.5, 0.6) is 5.75 Å². The summed E-state index contributed by atoms with van der Waals surface area (Å²) in [4.78, 5) is 12.4. The van der Waals surface area contributed by atoms with E-state index in [2.05, 4.69) is 31.0 Å². The Kier molecular flexibility index (Phi) is 4.25. The summed E-state index contributed by atoms with van der Waals surface area (Å²) >= 11 is 0. The standard InChI is InChI=1S/C17H15N7O2/c25-17(15-3-1-2-13-8-9-19-24(13)15)18-10-12-4-6-14(7-5-12)26-11-16-20-22-23-21-16/h1-9H,10-11H2,(H,18,25)(H,20,21,22,23). The first-order chi connectivity index (χ1) is 12.8. The van der Waals surface area contributed by atoms with Crippen LogP contribution in [-0.4, -0.2) is 36.1 Å². The molecule has 9 nitrogen and oxygen atoms in total. The minimum atomic E-state index is -0.184. The normalized spacial score (nSPS) is 10.8. The molecule has 2 N–H and O–H groups in total. The van der Waals surface area contributed by atoms with E-state index in [9.17, 15) is 4.79 Å². The lowest BCUT2D eigenvalue weighted by Gasteiger charge is -2.08. The molecule has 4 rings (SSSR count). The van der Waals surface area contributed by atoms with Crippen molar-refractivity contribution in [2.24, 2.45) is 0 Å². The van der Waals surface area contributed by atoms with Gasteiger partial charge < -0.3 is 10.1 Å². The van der Waals surface area contributed by atoms with Crippen molar-refractivity contribution < 1.29 is 9.53 Å². The fraction of sp³-hybridized carbons (Fsp3) is 0.118. The molecular formula is C17H15N7O2. The van der Waals surface area contributed by atoms with E-state index < -0.39 is 0 Å². The molecule has 0 spiro atoms. The van der Waals surface area contributed by atoms with Gasteiger partial charge in [0.2, 0.25) is 5.82 Å². The SMILES string of the molecule is O=C(NCc1ccc(OCc2nn[nH]n2)cc1)c1cccc2ccnn12. The number of hydrogen-bond acceptors (Lipinski definition) is 6. The maximum atomic E-state index is 12.4. The predicted octanol–water partition coefficient (Wildman–Crippen LogP) is 1.36. The molecule has 4 aromatic rings. The zero-order valence-electron chi connectivity index (χ0n) is 13.7. The highest BCUT2D eigenvalue weighted by molar-refractivity contribution is 5.93. The van der Waals surface area contributed by atoms with Crippen molar-refractivity contribution in [3.8, 4) is 5.75 Å². The number of carbonyl (C=O) groups excluding carboxylic acids is 1. The van der Waals surface area contributed by atoms with E-state index in [0.29, 0.717) is 23.8 Å². The van der Waals surface area contributed by atoms with Crippen LogP contribution in [0.3, 0.4) is 0 Å². The van der Waals surface area contributed by atoms with Crippen molar-refractivity contribution in [2.75, 3.05) is 0 Å². The molecule has 0 aliphatic rings. The lowest BCUT2D eigenvalue weighted by atomic mass is 10.2. The van der Waals surface area contributed by atoms with E-state index in [4.69, 9.17) is 4.74 Å². The Balaban J connectivity index is 1.35. The van der Waals surface area contributed by atoms with Crippen LogP contribution in [0.2, 0.25) is 0 Å². The third kappa shape index (κ3) is 3.36. The molecule has 0 radical (unpaired) electrons. The average molecular weight is 349 g/mol. The molecule has 9 heteroatoms. The number of pyridine rings is 1.